The average molecular weight is 374 g/mol. The van der Waals surface area contributed by atoms with Crippen LogP contribution < -0.4 is 0 Å². The SMILES string of the molecule is CO[C@H]1O[C@H](COC(=O)c2ccccc2)[C@@H](OC(=O)c2ccccc2)[C@@H]1F. The molecule has 142 valence electrons. The van der Waals surface area contributed by atoms with E-state index in [4.69, 9.17) is 18.9 Å². The van der Waals surface area contributed by atoms with Crippen LogP contribution in [-0.2, 0) is 18.9 Å². The van der Waals surface area contributed by atoms with Gasteiger partial charge in [0.2, 0.25) is 0 Å². The fourth-order valence-electron chi connectivity index (χ4n) is 2.73. The van der Waals surface area contributed by atoms with Crippen LogP contribution in [0.3, 0.4) is 0 Å². The van der Waals surface area contributed by atoms with Crippen molar-refractivity contribution in [1.82, 2.24) is 0 Å². The van der Waals surface area contributed by atoms with Gasteiger partial charge in [0.25, 0.3) is 0 Å². The van der Waals surface area contributed by atoms with Crippen molar-refractivity contribution in [2.45, 2.75) is 24.7 Å². The number of methoxy groups -OCH3 is 1. The monoisotopic (exact) mass is 374 g/mol. The molecule has 1 heterocycles. The largest absolute Gasteiger partial charge is 0.459 e. The van der Waals surface area contributed by atoms with Gasteiger partial charge >= 0.3 is 11.9 Å². The normalized spacial score (nSPS) is 24.4. The Morgan fingerprint density at radius 2 is 1.52 bits per heavy atom. The number of alkyl halides is 1. The van der Waals surface area contributed by atoms with E-state index in [0.29, 0.717) is 5.56 Å². The van der Waals surface area contributed by atoms with Crippen molar-refractivity contribution in [3.63, 3.8) is 0 Å². The van der Waals surface area contributed by atoms with Gasteiger partial charge in [-0.1, -0.05) is 36.4 Å². The Bertz CT molecular complexity index is 767. The van der Waals surface area contributed by atoms with Crippen LogP contribution in [0.25, 0.3) is 0 Å². The van der Waals surface area contributed by atoms with Gasteiger partial charge < -0.3 is 18.9 Å². The summed E-state index contributed by atoms with van der Waals surface area (Å²) in [6, 6.07) is 16.6. The van der Waals surface area contributed by atoms with Gasteiger partial charge in [-0.3, -0.25) is 0 Å². The van der Waals surface area contributed by atoms with Crippen molar-refractivity contribution in [2.75, 3.05) is 13.7 Å². The number of benzene rings is 2. The predicted molar refractivity (Wildman–Crippen MR) is 92.9 cm³/mol. The molecule has 3 rings (SSSR count). The maximum atomic E-state index is 14.6. The molecule has 0 radical (unpaired) electrons. The second-order valence-electron chi connectivity index (χ2n) is 5.92. The Morgan fingerprint density at radius 3 is 2.07 bits per heavy atom. The maximum absolute atomic E-state index is 14.6. The summed E-state index contributed by atoms with van der Waals surface area (Å²) in [4.78, 5) is 24.3. The first-order valence-electron chi connectivity index (χ1n) is 8.40. The van der Waals surface area contributed by atoms with Crippen molar-refractivity contribution in [1.29, 1.82) is 0 Å². The van der Waals surface area contributed by atoms with E-state index in [0.717, 1.165) is 0 Å². The van der Waals surface area contributed by atoms with E-state index in [9.17, 15) is 14.0 Å². The highest BCUT2D eigenvalue weighted by molar-refractivity contribution is 5.90. The zero-order valence-electron chi connectivity index (χ0n) is 14.6. The summed E-state index contributed by atoms with van der Waals surface area (Å²) in [5.74, 6) is -1.27. The Morgan fingerprint density at radius 1 is 0.963 bits per heavy atom. The smallest absolute Gasteiger partial charge is 0.338 e. The molecule has 6 nitrogen and oxygen atoms in total. The summed E-state index contributed by atoms with van der Waals surface area (Å²) < 4.78 is 35.4. The second-order valence-corrected chi connectivity index (χ2v) is 5.92. The standard InChI is InChI=1S/C20H19FO6/c1-24-20-16(21)17(27-19(23)14-10-6-3-7-11-14)15(26-20)12-25-18(22)13-8-4-2-5-9-13/h2-11,15-17,20H,12H2,1H3/t15-,16+,17-,20+/m1/s1. The van der Waals surface area contributed by atoms with Crippen LogP contribution in [0.2, 0.25) is 0 Å². The van der Waals surface area contributed by atoms with Crippen LogP contribution in [0.4, 0.5) is 4.39 Å². The van der Waals surface area contributed by atoms with Crippen LogP contribution in [0.15, 0.2) is 60.7 Å². The van der Waals surface area contributed by atoms with Crippen LogP contribution in [0, 0.1) is 0 Å². The highest BCUT2D eigenvalue weighted by Gasteiger charge is 2.48. The van der Waals surface area contributed by atoms with Gasteiger partial charge in [-0.15, -0.1) is 0 Å². The molecule has 2 aromatic carbocycles. The molecule has 0 aliphatic carbocycles. The summed E-state index contributed by atoms with van der Waals surface area (Å²) >= 11 is 0. The molecule has 4 atom stereocenters. The van der Waals surface area contributed by atoms with Gasteiger partial charge in [-0.25, -0.2) is 14.0 Å². The van der Waals surface area contributed by atoms with Gasteiger partial charge in [0.1, 0.15) is 12.7 Å². The molecule has 1 saturated heterocycles. The third-order valence-electron chi connectivity index (χ3n) is 4.12. The third kappa shape index (κ3) is 4.50. The summed E-state index contributed by atoms with van der Waals surface area (Å²) in [6.45, 7) is -0.277. The average Bonchev–Trinajstić information content (AvgIpc) is 3.02. The highest BCUT2D eigenvalue weighted by atomic mass is 19.1. The van der Waals surface area contributed by atoms with Crippen LogP contribution in [0.1, 0.15) is 20.7 Å². The van der Waals surface area contributed by atoms with E-state index >= 15 is 0 Å². The molecule has 1 aliphatic rings. The Kier molecular flexibility index (Phi) is 6.16. The lowest BCUT2D eigenvalue weighted by molar-refractivity contribution is -0.142. The lowest BCUT2D eigenvalue weighted by Gasteiger charge is -2.19. The van der Waals surface area contributed by atoms with E-state index in [2.05, 4.69) is 0 Å². The van der Waals surface area contributed by atoms with Gasteiger partial charge in [-0.05, 0) is 24.3 Å². The van der Waals surface area contributed by atoms with Crippen molar-refractivity contribution in [3.8, 4) is 0 Å². The molecule has 0 N–H and O–H groups in total. The number of esters is 2. The third-order valence-corrected chi connectivity index (χ3v) is 4.12. The topological polar surface area (TPSA) is 71.1 Å². The number of ether oxygens (including phenoxy) is 4. The first kappa shape index (κ1) is 19.0. The van der Waals surface area contributed by atoms with E-state index in [1.807, 2.05) is 0 Å². The van der Waals surface area contributed by atoms with Crippen molar-refractivity contribution >= 4 is 11.9 Å². The zero-order valence-corrected chi connectivity index (χ0v) is 14.6. The van der Waals surface area contributed by atoms with E-state index < -0.39 is 36.6 Å². The van der Waals surface area contributed by atoms with Crippen molar-refractivity contribution in [2.24, 2.45) is 0 Å². The molecule has 27 heavy (non-hydrogen) atoms. The molecular formula is C20H19FO6. The second kappa shape index (κ2) is 8.75. The first-order chi connectivity index (χ1) is 13.1. The van der Waals surface area contributed by atoms with Crippen LogP contribution >= 0.6 is 0 Å². The summed E-state index contributed by atoms with van der Waals surface area (Å²) in [6.07, 6.45) is -5.15. The zero-order chi connectivity index (χ0) is 19.2. The first-order valence-corrected chi connectivity index (χ1v) is 8.40. The van der Waals surface area contributed by atoms with Gasteiger partial charge in [0.15, 0.2) is 18.6 Å². The number of rotatable bonds is 6. The van der Waals surface area contributed by atoms with Gasteiger partial charge in [-0.2, -0.15) is 0 Å². The fourth-order valence-corrected chi connectivity index (χ4v) is 2.73. The number of hydrogen-bond acceptors (Lipinski definition) is 6. The maximum Gasteiger partial charge on any atom is 0.338 e. The van der Waals surface area contributed by atoms with Crippen molar-refractivity contribution < 1.29 is 32.9 Å². The van der Waals surface area contributed by atoms with E-state index in [1.165, 1.54) is 7.11 Å². The molecule has 0 saturated carbocycles. The molecule has 0 unspecified atom stereocenters. The van der Waals surface area contributed by atoms with E-state index in [1.54, 1.807) is 60.7 Å². The Balaban J connectivity index is 1.66. The van der Waals surface area contributed by atoms with Crippen molar-refractivity contribution in [3.05, 3.63) is 71.8 Å². The lowest BCUT2D eigenvalue weighted by atomic mass is 10.1. The van der Waals surface area contributed by atoms with Crippen LogP contribution in [0.5, 0.6) is 0 Å². The minimum atomic E-state index is -1.71. The molecule has 1 aliphatic heterocycles. The minimum absolute atomic E-state index is 0.277. The molecule has 0 bridgehead atoms. The number of halogens is 1. The predicted octanol–water partition coefficient (Wildman–Crippen LogP) is 2.78. The molecule has 0 amide bonds. The van der Waals surface area contributed by atoms with Gasteiger partial charge in [0.05, 0.1) is 11.1 Å². The minimum Gasteiger partial charge on any atom is -0.459 e. The molecule has 7 heteroatoms. The summed E-state index contributed by atoms with van der Waals surface area (Å²) in [5.41, 5.74) is 0.638. The van der Waals surface area contributed by atoms with E-state index in [-0.39, 0.29) is 12.2 Å². The Hall–Kier alpha value is -2.77. The lowest BCUT2D eigenvalue weighted by Crippen LogP contribution is -2.37. The molecule has 0 spiro atoms. The summed E-state index contributed by atoms with van der Waals surface area (Å²) in [5, 5.41) is 0. The number of carbonyl (C=O) groups excluding carboxylic acids is 2. The summed E-state index contributed by atoms with van der Waals surface area (Å²) in [7, 11) is 1.28. The van der Waals surface area contributed by atoms with Crippen LogP contribution in [-0.4, -0.2) is 50.3 Å². The fraction of sp³-hybridized carbons (Fsp3) is 0.300. The number of hydrogen-bond donors (Lipinski definition) is 0. The number of carbonyl (C=O) groups is 2. The molecule has 0 aromatic heterocycles. The highest BCUT2D eigenvalue weighted by Crippen LogP contribution is 2.28. The molecule has 1 fully saturated rings. The molecule has 2 aromatic rings. The van der Waals surface area contributed by atoms with Gasteiger partial charge in [0, 0.05) is 7.11 Å². The quantitative estimate of drug-likeness (QED) is 0.724. The Labute approximate surface area is 155 Å². The molecular weight excluding hydrogens is 355 g/mol.